The molecule has 2 atom stereocenters. The van der Waals surface area contributed by atoms with Crippen molar-refractivity contribution in [1.82, 2.24) is 0 Å². The molecule has 2 aromatic rings. The first-order chi connectivity index (χ1) is 11.5. The van der Waals surface area contributed by atoms with Crippen molar-refractivity contribution in [3.8, 4) is 0 Å². The van der Waals surface area contributed by atoms with E-state index in [2.05, 4.69) is 0 Å². The molecule has 4 rings (SSSR count). The summed E-state index contributed by atoms with van der Waals surface area (Å²) in [5.41, 5.74) is 2.78. The van der Waals surface area contributed by atoms with Crippen LogP contribution < -0.4 is 0 Å². The van der Waals surface area contributed by atoms with Gasteiger partial charge in [0.25, 0.3) is 5.79 Å². The Hall–Kier alpha value is -2.23. The molecule has 1 saturated heterocycles. The van der Waals surface area contributed by atoms with Crippen LogP contribution in [-0.4, -0.2) is 17.7 Å². The van der Waals surface area contributed by atoms with Gasteiger partial charge >= 0.3 is 0 Å². The molecule has 24 heavy (non-hydrogen) atoms. The highest BCUT2D eigenvalue weighted by Gasteiger charge is 2.65. The van der Waals surface area contributed by atoms with E-state index >= 15 is 0 Å². The van der Waals surface area contributed by atoms with Crippen LogP contribution in [0.1, 0.15) is 31.9 Å². The van der Waals surface area contributed by atoms with Crippen LogP contribution in [0, 0.1) is 0 Å². The summed E-state index contributed by atoms with van der Waals surface area (Å²) in [5.74, 6) is -1.31. The minimum atomic E-state index is -1.24. The summed E-state index contributed by atoms with van der Waals surface area (Å²) < 4.78 is 12.7. The lowest BCUT2D eigenvalue weighted by Crippen LogP contribution is -2.51. The van der Waals surface area contributed by atoms with Crippen molar-refractivity contribution in [2.75, 3.05) is 0 Å². The van der Waals surface area contributed by atoms with Crippen LogP contribution in [0.5, 0.6) is 0 Å². The molecule has 1 aliphatic heterocycles. The third-order valence-corrected chi connectivity index (χ3v) is 5.32. The van der Waals surface area contributed by atoms with Gasteiger partial charge in [-0.05, 0) is 31.9 Å². The monoisotopic (exact) mass is 320 g/mol. The number of carbonyl (C=O) groups excluding carboxylic acids is 1. The molecule has 3 heteroatoms. The van der Waals surface area contributed by atoms with Gasteiger partial charge in [-0.2, -0.15) is 0 Å². The van der Waals surface area contributed by atoms with Gasteiger partial charge in [0, 0.05) is 11.1 Å². The summed E-state index contributed by atoms with van der Waals surface area (Å²) in [4.78, 5) is 12.6. The molecular weight excluding hydrogens is 300 g/mol. The maximum atomic E-state index is 12.6. The summed E-state index contributed by atoms with van der Waals surface area (Å²) in [7, 11) is 0. The highest BCUT2D eigenvalue weighted by atomic mass is 16.8. The Morgan fingerprint density at radius 1 is 0.875 bits per heavy atom. The van der Waals surface area contributed by atoms with Crippen molar-refractivity contribution in [3.63, 3.8) is 0 Å². The van der Waals surface area contributed by atoms with Crippen LogP contribution in [0.3, 0.4) is 0 Å². The second kappa shape index (κ2) is 5.13. The molecule has 0 aromatic heterocycles. The largest absolute Gasteiger partial charge is 0.333 e. The van der Waals surface area contributed by atoms with Crippen LogP contribution in [0.2, 0.25) is 0 Å². The molecule has 3 nitrogen and oxygen atoms in total. The van der Waals surface area contributed by atoms with Crippen LogP contribution >= 0.6 is 0 Å². The lowest BCUT2D eigenvalue weighted by atomic mass is 9.80. The fraction of sp³-hybridized carbons (Fsp3) is 0.286. The lowest BCUT2D eigenvalue weighted by Gasteiger charge is -2.39. The standard InChI is InChI=1S/C21H20O3/c1-14-15(2)21(19(14)22)23-16(3)20(24-21,17-10-6-4-7-11-17)18-12-8-5-9-13-18/h4-13,16H,1-3H3/t16-,21-/m0/s1. The molecule has 0 saturated carbocycles. The maximum Gasteiger partial charge on any atom is 0.258 e. The summed E-state index contributed by atoms with van der Waals surface area (Å²) in [5, 5.41) is 0. The lowest BCUT2D eigenvalue weighted by molar-refractivity contribution is -0.184. The van der Waals surface area contributed by atoms with E-state index in [1.807, 2.05) is 81.4 Å². The zero-order valence-electron chi connectivity index (χ0n) is 14.1. The Morgan fingerprint density at radius 3 is 1.83 bits per heavy atom. The van der Waals surface area contributed by atoms with E-state index in [1.165, 1.54) is 0 Å². The fourth-order valence-electron chi connectivity index (χ4n) is 3.83. The number of carbonyl (C=O) groups is 1. The van der Waals surface area contributed by atoms with Crippen molar-refractivity contribution in [1.29, 1.82) is 0 Å². The predicted molar refractivity (Wildman–Crippen MR) is 91.4 cm³/mol. The van der Waals surface area contributed by atoms with Gasteiger partial charge in [-0.15, -0.1) is 0 Å². The molecule has 1 fully saturated rings. The van der Waals surface area contributed by atoms with Crippen molar-refractivity contribution in [2.24, 2.45) is 0 Å². The number of Topliss-reactive ketones (excluding diaryl/α,β-unsaturated/α-hetero) is 1. The van der Waals surface area contributed by atoms with Gasteiger partial charge in [0.2, 0.25) is 5.78 Å². The van der Waals surface area contributed by atoms with E-state index in [9.17, 15) is 4.79 Å². The normalized spacial score (nSPS) is 28.3. The molecule has 0 N–H and O–H groups in total. The summed E-state index contributed by atoms with van der Waals surface area (Å²) in [6.45, 7) is 5.71. The maximum absolute atomic E-state index is 12.6. The number of benzene rings is 2. The van der Waals surface area contributed by atoms with Crippen LogP contribution in [0.4, 0.5) is 0 Å². The van der Waals surface area contributed by atoms with E-state index in [0.29, 0.717) is 0 Å². The first-order valence-electron chi connectivity index (χ1n) is 8.24. The molecule has 0 unspecified atom stereocenters. The van der Waals surface area contributed by atoms with Crippen LogP contribution in [0.25, 0.3) is 0 Å². The van der Waals surface area contributed by atoms with Crippen molar-refractivity contribution in [2.45, 2.75) is 38.3 Å². The third kappa shape index (κ3) is 1.77. The smallest absolute Gasteiger partial charge is 0.258 e. The van der Waals surface area contributed by atoms with Crippen LogP contribution in [-0.2, 0) is 19.9 Å². The molecule has 0 radical (unpaired) electrons. The van der Waals surface area contributed by atoms with E-state index in [4.69, 9.17) is 9.47 Å². The third-order valence-electron chi connectivity index (χ3n) is 5.32. The first kappa shape index (κ1) is 15.3. The number of ether oxygens (including phenoxy) is 2. The zero-order valence-corrected chi connectivity index (χ0v) is 14.1. The van der Waals surface area contributed by atoms with Gasteiger partial charge < -0.3 is 9.47 Å². The van der Waals surface area contributed by atoms with Gasteiger partial charge in [-0.3, -0.25) is 4.79 Å². The van der Waals surface area contributed by atoms with Crippen molar-refractivity contribution in [3.05, 3.63) is 82.9 Å². The minimum Gasteiger partial charge on any atom is -0.333 e. The molecular formula is C21H20O3. The Labute approximate surface area is 141 Å². The second-order valence-corrected chi connectivity index (χ2v) is 6.53. The number of rotatable bonds is 2. The summed E-state index contributed by atoms with van der Waals surface area (Å²) in [6, 6.07) is 20.0. The van der Waals surface area contributed by atoms with Crippen LogP contribution in [0.15, 0.2) is 71.8 Å². The number of ketones is 1. The van der Waals surface area contributed by atoms with Gasteiger partial charge in [0.1, 0.15) is 5.60 Å². The SMILES string of the molecule is CC1=C(C)[C@@]2(O[C@@H](C)C(c3ccccc3)(c3ccccc3)O2)C1=O. The molecule has 2 aromatic carbocycles. The van der Waals surface area contributed by atoms with Gasteiger partial charge in [0.05, 0.1) is 6.10 Å². The topological polar surface area (TPSA) is 35.5 Å². The van der Waals surface area contributed by atoms with E-state index in [1.54, 1.807) is 0 Å². The Morgan fingerprint density at radius 2 is 1.38 bits per heavy atom. The fourth-order valence-corrected chi connectivity index (χ4v) is 3.83. The summed E-state index contributed by atoms with van der Waals surface area (Å²) in [6.07, 6.45) is -0.297. The van der Waals surface area contributed by atoms with Gasteiger partial charge in [-0.1, -0.05) is 60.7 Å². The molecule has 0 bridgehead atoms. The van der Waals surface area contributed by atoms with E-state index in [0.717, 1.165) is 22.3 Å². The van der Waals surface area contributed by atoms with Crippen molar-refractivity contribution < 1.29 is 14.3 Å². The van der Waals surface area contributed by atoms with Crippen molar-refractivity contribution >= 4 is 5.78 Å². The quantitative estimate of drug-likeness (QED) is 0.839. The summed E-state index contributed by atoms with van der Waals surface area (Å²) >= 11 is 0. The Bertz CT molecular complexity index is 783. The molecule has 1 spiro atoms. The number of hydrogen-bond acceptors (Lipinski definition) is 3. The second-order valence-electron chi connectivity index (χ2n) is 6.53. The molecule has 1 heterocycles. The molecule has 122 valence electrons. The molecule has 0 amide bonds. The van der Waals surface area contributed by atoms with Gasteiger partial charge in [-0.25, -0.2) is 0 Å². The van der Waals surface area contributed by atoms with E-state index < -0.39 is 11.4 Å². The zero-order chi connectivity index (χ0) is 16.9. The van der Waals surface area contributed by atoms with Gasteiger partial charge in [0.15, 0.2) is 0 Å². The van der Waals surface area contributed by atoms with E-state index in [-0.39, 0.29) is 11.9 Å². The highest BCUT2D eigenvalue weighted by molar-refractivity contribution is 6.11. The molecule has 1 aliphatic carbocycles. The average Bonchev–Trinajstić information content (AvgIpc) is 2.98. The number of hydrogen-bond donors (Lipinski definition) is 0. The predicted octanol–water partition coefficient (Wildman–Crippen LogP) is 3.98. The Balaban J connectivity index is 1.92. The highest BCUT2D eigenvalue weighted by Crippen LogP contribution is 2.55. The average molecular weight is 320 g/mol. The minimum absolute atomic E-state index is 0.0689. The molecule has 2 aliphatic rings. The first-order valence-corrected chi connectivity index (χ1v) is 8.24. The Kier molecular flexibility index (Phi) is 3.27.